The zero-order valence-electron chi connectivity index (χ0n) is 22.7. The molecule has 0 amide bonds. The topological polar surface area (TPSA) is 64.0 Å². The van der Waals surface area contributed by atoms with Crippen molar-refractivity contribution in [1.82, 2.24) is 9.55 Å². The number of benzene rings is 1. The van der Waals surface area contributed by atoms with E-state index in [1.54, 1.807) is 0 Å². The zero-order valence-corrected chi connectivity index (χ0v) is 27.6. The largest absolute Gasteiger partial charge is 0.456 e. The zero-order chi connectivity index (χ0) is 26.5. The molecule has 2 fully saturated rings. The van der Waals surface area contributed by atoms with Crippen molar-refractivity contribution in [3.63, 3.8) is 0 Å². The summed E-state index contributed by atoms with van der Waals surface area (Å²) < 4.78 is 34.5. The molecule has 7 nitrogen and oxygen atoms in total. The fourth-order valence-electron chi connectivity index (χ4n) is 4.17. The minimum atomic E-state index is -1.94. The average Bonchev–Trinajstić information content (AvgIpc) is 3.40. The van der Waals surface area contributed by atoms with Gasteiger partial charge in [0, 0.05) is 18.3 Å². The Bertz CT molecular complexity index is 1090. The Hall–Kier alpha value is -0.216. The van der Waals surface area contributed by atoms with Crippen LogP contribution in [0.4, 0.5) is 0 Å². The van der Waals surface area contributed by atoms with Crippen molar-refractivity contribution in [2.24, 2.45) is 0 Å². The lowest BCUT2D eigenvalue weighted by atomic mass is 10.1. The molecule has 0 aliphatic carbocycles. The summed E-state index contributed by atoms with van der Waals surface area (Å²) in [6.45, 7) is 20.3. The summed E-state index contributed by atoms with van der Waals surface area (Å²) in [5.74, 6) is 0. The van der Waals surface area contributed by atoms with Crippen LogP contribution in [0.3, 0.4) is 0 Å². The maximum atomic E-state index is 6.65. The number of halogens is 2. The molecule has 0 saturated carbocycles. The van der Waals surface area contributed by atoms with Gasteiger partial charge in [0.25, 0.3) is 6.01 Å². The summed E-state index contributed by atoms with van der Waals surface area (Å²) in [5.41, 5.74) is 1.72. The summed E-state index contributed by atoms with van der Waals surface area (Å²) in [6.07, 6.45) is -0.668. The molecule has 1 unspecified atom stereocenters. The lowest BCUT2D eigenvalue weighted by molar-refractivity contribution is 0.00692. The molecule has 1 aromatic heterocycles. The van der Waals surface area contributed by atoms with Crippen LogP contribution in [0.15, 0.2) is 12.1 Å². The summed E-state index contributed by atoms with van der Waals surface area (Å²) in [4.78, 5) is 4.80. The fraction of sp³-hybridized carbons (Fsp3) is 0.720. The van der Waals surface area contributed by atoms with Gasteiger partial charge in [-0.05, 0) is 58.9 Å². The molecule has 4 atom stereocenters. The molecule has 0 N–H and O–H groups in total. The van der Waals surface area contributed by atoms with Crippen LogP contribution in [0.1, 0.15) is 20.8 Å². The van der Waals surface area contributed by atoms with Crippen LogP contribution >= 0.6 is 34.2 Å². The molecular formula is C25H40ClIN2O5Si2. The number of nitrogens with zero attached hydrogens (tertiary/aromatic N) is 2. The lowest BCUT2D eigenvalue weighted by Gasteiger charge is -2.39. The van der Waals surface area contributed by atoms with E-state index in [4.69, 9.17) is 40.0 Å². The first-order valence-corrected chi connectivity index (χ1v) is 20.7. The van der Waals surface area contributed by atoms with E-state index in [1.165, 1.54) is 0 Å². The minimum Gasteiger partial charge on any atom is -0.456 e. The van der Waals surface area contributed by atoms with E-state index in [2.05, 4.69) is 76.1 Å². The molecule has 2 aliphatic rings. The second-order valence-corrected chi connectivity index (χ2v) is 24.5. The molecule has 0 radical (unpaired) electrons. The van der Waals surface area contributed by atoms with E-state index in [-0.39, 0.29) is 29.5 Å². The Morgan fingerprint density at radius 3 is 2.36 bits per heavy atom. The molecule has 2 aliphatic heterocycles. The Morgan fingerprint density at radius 2 is 1.72 bits per heavy atom. The normalized spacial score (nSPS) is 25.1. The van der Waals surface area contributed by atoms with Crippen LogP contribution in [0, 0.1) is 3.57 Å². The third-order valence-electron chi connectivity index (χ3n) is 7.44. The Labute approximate surface area is 235 Å². The van der Waals surface area contributed by atoms with Gasteiger partial charge in [0.1, 0.15) is 18.9 Å². The van der Waals surface area contributed by atoms with Gasteiger partial charge in [0.05, 0.1) is 35.4 Å². The van der Waals surface area contributed by atoms with Gasteiger partial charge in [-0.15, -0.1) is 0 Å². The van der Waals surface area contributed by atoms with Gasteiger partial charge in [-0.3, -0.25) is 4.57 Å². The molecule has 11 heteroatoms. The Balaban J connectivity index is 1.51. The van der Waals surface area contributed by atoms with Crippen LogP contribution in [-0.4, -0.2) is 70.2 Å². The first-order valence-electron chi connectivity index (χ1n) is 12.7. The predicted molar refractivity (Wildman–Crippen MR) is 158 cm³/mol. The SMILES string of the molecule is CC(C)(C)[Si](C)(C)OC1CO[C@H]2[C@@H]1OC[C@H]2Oc1nc2cc(I)c(Cl)cc2n1COCC[Si](C)(C)C. The van der Waals surface area contributed by atoms with Gasteiger partial charge in [-0.2, -0.15) is 4.98 Å². The molecule has 2 aromatic rings. The second-order valence-electron chi connectivity index (χ2n) is 12.6. The van der Waals surface area contributed by atoms with Crippen LogP contribution in [0.5, 0.6) is 6.01 Å². The minimum absolute atomic E-state index is 0.0754. The van der Waals surface area contributed by atoms with E-state index in [9.17, 15) is 0 Å². The number of fused-ring (bicyclic) bond motifs is 2. The Morgan fingerprint density at radius 1 is 1.08 bits per heavy atom. The highest BCUT2D eigenvalue weighted by Crippen LogP contribution is 2.41. The maximum absolute atomic E-state index is 6.65. The first kappa shape index (κ1) is 28.8. The monoisotopic (exact) mass is 666 g/mol. The van der Waals surface area contributed by atoms with Crippen LogP contribution in [-0.2, 0) is 25.4 Å². The standard InChI is InChI=1S/C25H40ClIN2O5Si2/c1-25(2,3)36(7,8)34-21-14-32-22-20(13-31-23(21)22)33-24-28-18-12-17(27)16(26)11-19(18)29(24)15-30-9-10-35(4,5)6/h11-12,20-23H,9-10,13-15H2,1-8H3/t20-,21?,22-,23-/m1/s1. The molecule has 4 rings (SSSR count). The van der Waals surface area contributed by atoms with Crippen LogP contribution in [0.25, 0.3) is 11.0 Å². The van der Waals surface area contributed by atoms with E-state index < -0.39 is 16.4 Å². The summed E-state index contributed by atoms with van der Waals surface area (Å²) >= 11 is 8.68. The first-order chi connectivity index (χ1) is 16.7. The van der Waals surface area contributed by atoms with Crippen molar-refractivity contribution in [3.05, 3.63) is 20.7 Å². The van der Waals surface area contributed by atoms with Crippen LogP contribution in [0.2, 0.25) is 48.8 Å². The van der Waals surface area contributed by atoms with Crippen molar-refractivity contribution in [3.8, 4) is 6.01 Å². The highest BCUT2D eigenvalue weighted by molar-refractivity contribution is 14.1. The molecule has 3 heterocycles. The molecule has 202 valence electrons. The van der Waals surface area contributed by atoms with Crippen molar-refractivity contribution in [1.29, 1.82) is 0 Å². The third kappa shape index (κ3) is 6.32. The van der Waals surface area contributed by atoms with Gasteiger partial charge >= 0.3 is 0 Å². The Kier molecular flexibility index (Phi) is 8.59. The van der Waals surface area contributed by atoms with Gasteiger partial charge in [0.15, 0.2) is 14.4 Å². The van der Waals surface area contributed by atoms with E-state index in [0.717, 1.165) is 20.6 Å². The number of aromatic nitrogens is 2. The number of ether oxygens (including phenoxy) is 4. The highest BCUT2D eigenvalue weighted by atomic mass is 127. The number of imidazole rings is 1. The molecule has 1 aromatic carbocycles. The van der Waals surface area contributed by atoms with Gasteiger partial charge in [-0.25, -0.2) is 0 Å². The molecule has 2 saturated heterocycles. The lowest BCUT2D eigenvalue weighted by Crippen LogP contribution is -2.47. The summed E-state index contributed by atoms with van der Waals surface area (Å²) in [7, 11) is -3.13. The van der Waals surface area contributed by atoms with Crippen molar-refractivity contribution >= 4 is 61.6 Å². The quantitative estimate of drug-likeness (QED) is 0.172. The second kappa shape index (κ2) is 10.7. The van der Waals surface area contributed by atoms with Crippen molar-refractivity contribution in [2.75, 3.05) is 19.8 Å². The average molecular weight is 667 g/mol. The van der Waals surface area contributed by atoms with E-state index in [0.29, 0.717) is 37.6 Å². The number of rotatable bonds is 9. The van der Waals surface area contributed by atoms with E-state index >= 15 is 0 Å². The summed E-state index contributed by atoms with van der Waals surface area (Å²) in [6, 6.07) is 5.51. The number of hydrogen-bond donors (Lipinski definition) is 0. The van der Waals surface area contributed by atoms with E-state index in [1.807, 2.05) is 16.7 Å². The highest BCUT2D eigenvalue weighted by Gasteiger charge is 2.52. The molecule has 36 heavy (non-hydrogen) atoms. The van der Waals surface area contributed by atoms with Crippen molar-refractivity contribution < 1.29 is 23.4 Å². The number of hydrogen-bond acceptors (Lipinski definition) is 6. The van der Waals surface area contributed by atoms with Gasteiger partial charge < -0.3 is 23.4 Å². The maximum Gasteiger partial charge on any atom is 0.299 e. The van der Waals surface area contributed by atoms with Crippen LogP contribution < -0.4 is 4.74 Å². The molecule has 0 spiro atoms. The smallest absolute Gasteiger partial charge is 0.299 e. The molecule has 0 bridgehead atoms. The molecular weight excluding hydrogens is 627 g/mol. The van der Waals surface area contributed by atoms with Gasteiger partial charge in [0.2, 0.25) is 0 Å². The predicted octanol–water partition coefficient (Wildman–Crippen LogP) is 6.54. The third-order valence-corrected chi connectivity index (χ3v) is 15.2. The fourth-order valence-corrected chi connectivity index (χ4v) is 6.85. The van der Waals surface area contributed by atoms with Gasteiger partial charge in [-0.1, -0.05) is 52.0 Å². The summed E-state index contributed by atoms with van der Waals surface area (Å²) in [5, 5.41) is 0.811. The van der Waals surface area contributed by atoms with Crippen molar-refractivity contribution in [2.45, 2.75) is 95.7 Å².